The van der Waals surface area contributed by atoms with Gasteiger partial charge in [-0.05, 0) is 57.4 Å². The van der Waals surface area contributed by atoms with Crippen molar-refractivity contribution >= 4 is 43.8 Å². The molecule has 0 aliphatic heterocycles. The standard InChI is InChI=1S/C28H25N9OS/c1-28(2,3)38-35-25-17(12-30)13-31-24-16(11-29)9-18(10-21(24)25)33-26(23-14-37(36-34-23)19-7-8-19)20-5-4-6-22-27(20)39-15-32-22/h4-6,9-10,13-15,19,26,33H,7-8H2,1-3H3,(H,31,35). The van der Waals surface area contributed by atoms with E-state index in [1.807, 2.05) is 55.4 Å². The van der Waals surface area contributed by atoms with Gasteiger partial charge >= 0.3 is 0 Å². The number of rotatable bonds is 7. The third-order valence-corrected chi connectivity index (χ3v) is 7.32. The van der Waals surface area contributed by atoms with Gasteiger partial charge in [-0.2, -0.15) is 10.5 Å². The summed E-state index contributed by atoms with van der Waals surface area (Å²) < 4.78 is 2.97. The Kier molecular flexibility index (Phi) is 6.10. The normalized spacial score (nSPS) is 14.2. The number of aromatic nitrogens is 5. The zero-order valence-electron chi connectivity index (χ0n) is 21.6. The van der Waals surface area contributed by atoms with Crippen LogP contribution in [0.4, 0.5) is 11.4 Å². The van der Waals surface area contributed by atoms with Crippen molar-refractivity contribution < 1.29 is 4.84 Å². The van der Waals surface area contributed by atoms with Gasteiger partial charge < -0.3 is 5.32 Å². The Morgan fingerprint density at radius 1 is 1.13 bits per heavy atom. The fraction of sp³-hybridized carbons (Fsp3) is 0.286. The van der Waals surface area contributed by atoms with E-state index in [1.54, 1.807) is 17.4 Å². The summed E-state index contributed by atoms with van der Waals surface area (Å²) in [5, 5.41) is 32.9. The molecule has 11 heteroatoms. The Bertz CT molecular complexity index is 1780. The molecule has 1 aliphatic rings. The SMILES string of the molecule is CC(C)(C)ONc1c(C#N)cnc2c(C#N)cc(NC(c3cn(C4CC4)nn3)c3cccc4ncsc34)cc12. The summed E-state index contributed by atoms with van der Waals surface area (Å²) >= 11 is 1.57. The van der Waals surface area contributed by atoms with Crippen LogP contribution in [0.25, 0.3) is 21.1 Å². The van der Waals surface area contributed by atoms with E-state index in [9.17, 15) is 10.5 Å². The van der Waals surface area contributed by atoms with Gasteiger partial charge in [0.15, 0.2) is 0 Å². The molecule has 1 atom stereocenters. The predicted octanol–water partition coefficient (Wildman–Crippen LogP) is 5.86. The molecule has 10 nitrogen and oxygen atoms in total. The molecule has 1 saturated carbocycles. The summed E-state index contributed by atoms with van der Waals surface area (Å²) in [6.07, 6.45) is 5.64. The number of benzene rings is 2. The number of nitriles is 2. The summed E-state index contributed by atoms with van der Waals surface area (Å²) in [4.78, 5) is 14.7. The van der Waals surface area contributed by atoms with Crippen LogP contribution in [0.15, 0.2) is 48.2 Å². The van der Waals surface area contributed by atoms with Gasteiger partial charge in [0.25, 0.3) is 0 Å². The summed E-state index contributed by atoms with van der Waals surface area (Å²) in [7, 11) is 0. The Morgan fingerprint density at radius 3 is 2.69 bits per heavy atom. The number of fused-ring (bicyclic) bond motifs is 2. The molecule has 0 amide bonds. The van der Waals surface area contributed by atoms with Gasteiger partial charge in [0.2, 0.25) is 0 Å². The van der Waals surface area contributed by atoms with Crippen LogP contribution in [-0.4, -0.2) is 30.6 Å². The van der Waals surface area contributed by atoms with Crippen molar-refractivity contribution in [3.05, 3.63) is 70.6 Å². The van der Waals surface area contributed by atoms with Crippen molar-refractivity contribution in [2.24, 2.45) is 0 Å². The van der Waals surface area contributed by atoms with E-state index in [2.05, 4.69) is 49.3 Å². The largest absolute Gasteiger partial charge is 0.373 e. The van der Waals surface area contributed by atoms with Crippen molar-refractivity contribution in [2.75, 3.05) is 10.8 Å². The quantitative estimate of drug-likeness (QED) is 0.245. The van der Waals surface area contributed by atoms with Crippen LogP contribution >= 0.6 is 11.3 Å². The van der Waals surface area contributed by atoms with Crippen molar-refractivity contribution in [3.63, 3.8) is 0 Å². The molecule has 0 bridgehead atoms. The Labute approximate surface area is 228 Å². The first-order valence-corrected chi connectivity index (χ1v) is 13.4. The van der Waals surface area contributed by atoms with E-state index in [1.165, 1.54) is 6.20 Å². The number of pyridine rings is 1. The van der Waals surface area contributed by atoms with Crippen molar-refractivity contribution in [3.8, 4) is 12.1 Å². The highest BCUT2D eigenvalue weighted by Gasteiger charge is 2.28. The Morgan fingerprint density at radius 2 is 1.95 bits per heavy atom. The van der Waals surface area contributed by atoms with Crippen molar-refractivity contribution in [2.45, 2.75) is 51.3 Å². The highest BCUT2D eigenvalue weighted by molar-refractivity contribution is 7.17. The van der Waals surface area contributed by atoms with E-state index >= 15 is 0 Å². The molecule has 194 valence electrons. The lowest BCUT2D eigenvalue weighted by Gasteiger charge is -2.22. The lowest BCUT2D eigenvalue weighted by Crippen LogP contribution is -2.23. The van der Waals surface area contributed by atoms with Crippen LogP contribution in [0.3, 0.4) is 0 Å². The van der Waals surface area contributed by atoms with E-state index in [0.29, 0.717) is 39.4 Å². The smallest absolute Gasteiger partial charge is 0.110 e. The van der Waals surface area contributed by atoms with Crippen LogP contribution in [0.1, 0.15) is 68.1 Å². The molecule has 0 saturated heterocycles. The summed E-state index contributed by atoms with van der Waals surface area (Å²) in [5.74, 6) is 0. The molecule has 1 unspecified atom stereocenters. The monoisotopic (exact) mass is 535 g/mol. The molecule has 39 heavy (non-hydrogen) atoms. The van der Waals surface area contributed by atoms with E-state index in [0.717, 1.165) is 34.3 Å². The third kappa shape index (κ3) is 4.86. The average Bonchev–Trinajstić information content (AvgIpc) is 3.45. The molecule has 5 aromatic rings. The minimum absolute atomic E-state index is 0.311. The zero-order chi connectivity index (χ0) is 27.1. The summed E-state index contributed by atoms with van der Waals surface area (Å²) in [5.41, 5.74) is 9.23. The molecule has 1 fully saturated rings. The van der Waals surface area contributed by atoms with Crippen LogP contribution in [0, 0.1) is 22.7 Å². The van der Waals surface area contributed by atoms with Gasteiger partial charge in [-0.1, -0.05) is 17.3 Å². The Balaban J connectivity index is 1.49. The number of nitrogens with zero attached hydrogens (tertiary/aromatic N) is 7. The molecular formula is C28H25N9OS. The van der Waals surface area contributed by atoms with Crippen LogP contribution < -0.4 is 10.8 Å². The third-order valence-electron chi connectivity index (χ3n) is 6.43. The maximum absolute atomic E-state index is 10.0. The fourth-order valence-corrected chi connectivity index (χ4v) is 5.26. The summed E-state index contributed by atoms with van der Waals surface area (Å²) in [6.45, 7) is 5.72. The van der Waals surface area contributed by atoms with Gasteiger partial charge in [-0.25, -0.2) is 9.67 Å². The molecule has 3 aromatic heterocycles. The first kappa shape index (κ1) is 24.7. The van der Waals surface area contributed by atoms with Gasteiger partial charge in [-0.15, -0.1) is 16.4 Å². The lowest BCUT2D eigenvalue weighted by atomic mass is 10.0. The molecule has 1 aliphatic carbocycles. The Hall–Kier alpha value is -4.58. The van der Waals surface area contributed by atoms with Crippen LogP contribution in [0.5, 0.6) is 0 Å². The summed E-state index contributed by atoms with van der Waals surface area (Å²) in [6, 6.07) is 14.1. The highest BCUT2D eigenvalue weighted by atomic mass is 32.1. The van der Waals surface area contributed by atoms with Gasteiger partial charge in [-0.3, -0.25) is 15.3 Å². The van der Waals surface area contributed by atoms with E-state index in [4.69, 9.17) is 4.84 Å². The number of hydrogen-bond donors (Lipinski definition) is 2. The predicted molar refractivity (Wildman–Crippen MR) is 149 cm³/mol. The van der Waals surface area contributed by atoms with Gasteiger partial charge in [0.1, 0.15) is 17.8 Å². The zero-order valence-corrected chi connectivity index (χ0v) is 22.5. The maximum Gasteiger partial charge on any atom is 0.110 e. The molecule has 3 heterocycles. The van der Waals surface area contributed by atoms with E-state index < -0.39 is 5.60 Å². The fourth-order valence-electron chi connectivity index (χ4n) is 4.42. The first-order valence-electron chi connectivity index (χ1n) is 12.6. The van der Waals surface area contributed by atoms with Crippen LogP contribution in [0.2, 0.25) is 0 Å². The first-order chi connectivity index (χ1) is 18.8. The average molecular weight is 536 g/mol. The van der Waals surface area contributed by atoms with Gasteiger partial charge in [0.05, 0.1) is 61.9 Å². The second-order valence-corrected chi connectivity index (χ2v) is 11.3. The number of anilines is 2. The number of nitrogens with one attached hydrogen (secondary N) is 2. The lowest BCUT2D eigenvalue weighted by molar-refractivity contribution is 0.0377. The van der Waals surface area contributed by atoms with E-state index in [-0.39, 0.29) is 6.04 Å². The topological polar surface area (TPSA) is 137 Å². The second kappa shape index (κ2) is 9.62. The van der Waals surface area contributed by atoms with Crippen LogP contribution in [-0.2, 0) is 4.84 Å². The number of hydrogen-bond acceptors (Lipinski definition) is 10. The van der Waals surface area contributed by atoms with Gasteiger partial charge in [0, 0.05) is 17.3 Å². The molecule has 6 rings (SSSR count). The maximum atomic E-state index is 10.0. The molecular weight excluding hydrogens is 510 g/mol. The minimum atomic E-state index is -0.512. The molecule has 2 N–H and O–H groups in total. The highest BCUT2D eigenvalue weighted by Crippen LogP contribution is 2.38. The molecule has 2 aromatic carbocycles. The number of thiazole rings is 1. The minimum Gasteiger partial charge on any atom is -0.373 e. The molecule has 0 spiro atoms. The van der Waals surface area contributed by atoms with Crippen molar-refractivity contribution in [1.82, 2.24) is 25.0 Å². The second-order valence-electron chi connectivity index (χ2n) is 10.5. The van der Waals surface area contributed by atoms with Crippen molar-refractivity contribution in [1.29, 1.82) is 10.5 Å². The molecule has 0 radical (unpaired) electrons.